The summed E-state index contributed by atoms with van der Waals surface area (Å²) in [6.45, 7) is 0. The molecule has 0 bridgehead atoms. The molecular formula is H2MnO3Si. The van der Waals surface area contributed by atoms with Gasteiger partial charge in [-0.05, 0) is 0 Å². The topological polar surface area (TPSA) is 57.5 Å². The molecule has 0 heterocycles. The van der Waals surface area contributed by atoms with Gasteiger partial charge in [-0.1, -0.05) is 0 Å². The van der Waals surface area contributed by atoms with Gasteiger partial charge >= 0.3 is 9.17 Å². The van der Waals surface area contributed by atoms with Crippen LogP contribution in [-0.2, 0) is 21.5 Å². The van der Waals surface area contributed by atoms with Crippen LogP contribution in [0.2, 0.25) is 0 Å². The molecule has 0 aliphatic heterocycles. The number of hydrogen-bond acceptors (Lipinski definition) is 1. The van der Waals surface area contributed by atoms with Crippen molar-refractivity contribution in [2.75, 3.05) is 0 Å². The molecule has 1 radical (unpaired) electrons. The summed E-state index contributed by atoms with van der Waals surface area (Å²) < 4.78 is 8.74. The van der Waals surface area contributed by atoms with Gasteiger partial charge in [0.25, 0.3) is 0 Å². The van der Waals surface area contributed by atoms with Gasteiger partial charge in [0, 0.05) is 17.1 Å². The van der Waals surface area contributed by atoms with E-state index < -0.39 is 9.17 Å². The molecular weight excluding hydrogens is 131 g/mol. The maximum absolute atomic E-state index is 8.74. The third kappa shape index (κ3) is 1020. The van der Waals surface area contributed by atoms with E-state index in [1.165, 1.54) is 0 Å². The first-order chi connectivity index (χ1) is 1.73. The second kappa shape index (κ2) is 4.14. The first-order valence-corrected chi connectivity index (χ1v) is 1.95. The molecule has 0 amide bonds. The minimum atomic E-state index is -3.13. The smallest absolute Gasteiger partial charge is 0.511 e. The van der Waals surface area contributed by atoms with Crippen LogP contribution in [0.1, 0.15) is 0 Å². The van der Waals surface area contributed by atoms with Crippen molar-refractivity contribution in [1.82, 2.24) is 0 Å². The van der Waals surface area contributed by atoms with Crippen LogP contribution in [0.5, 0.6) is 0 Å². The molecule has 31 valence electrons. The fraction of sp³-hybridized carbons (Fsp3) is 0. The van der Waals surface area contributed by atoms with Crippen molar-refractivity contribution in [2.45, 2.75) is 0 Å². The largest absolute Gasteiger partial charge is 0.761 e. The summed E-state index contributed by atoms with van der Waals surface area (Å²) >= 11 is 0. The van der Waals surface area contributed by atoms with Gasteiger partial charge in [-0.3, -0.25) is 4.46 Å². The number of hydrogen-bond donors (Lipinski definition) is 2. The molecule has 0 atom stereocenters. The van der Waals surface area contributed by atoms with E-state index in [-0.39, 0.29) is 17.1 Å². The Hall–Kier alpha value is 0.136. The van der Waals surface area contributed by atoms with Crippen molar-refractivity contribution in [3.05, 3.63) is 0 Å². The standard InChI is InChI=1S/Mn.H2O3Si/c;1-4(2)3/h;1-2H. The van der Waals surface area contributed by atoms with Gasteiger partial charge in [-0.2, -0.15) is 0 Å². The second-order valence-electron chi connectivity index (χ2n) is 0.283. The zero-order valence-electron chi connectivity index (χ0n) is 2.18. The van der Waals surface area contributed by atoms with Crippen molar-refractivity contribution < 1.29 is 31.1 Å². The minimum Gasteiger partial charge on any atom is -0.511 e. The minimum absolute atomic E-state index is 0. The van der Waals surface area contributed by atoms with Crippen LogP contribution >= 0.6 is 0 Å². The SMILES string of the molecule is O=[Si](O)O.[Mn]. The predicted octanol–water partition coefficient (Wildman–Crippen LogP) is -1.62. The van der Waals surface area contributed by atoms with E-state index in [1.54, 1.807) is 0 Å². The molecule has 0 aliphatic carbocycles. The molecule has 0 aliphatic rings. The van der Waals surface area contributed by atoms with Crippen molar-refractivity contribution in [3.63, 3.8) is 0 Å². The molecule has 0 saturated heterocycles. The molecule has 5 heteroatoms. The maximum Gasteiger partial charge on any atom is 0.761 e. The average Bonchev–Trinajstić information content (AvgIpc) is 0.811. The Labute approximate surface area is 41.0 Å². The molecule has 0 aromatic rings. The molecule has 0 saturated carbocycles. The van der Waals surface area contributed by atoms with E-state index in [0.29, 0.717) is 0 Å². The van der Waals surface area contributed by atoms with Gasteiger partial charge in [0.05, 0.1) is 0 Å². The Bertz CT molecular complexity index is 29.9. The summed E-state index contributed by atoms with van der Waals surface area (Å²) in [6, 6.07) is 0. The van der Waals surface area contributed by atoms with Crippen molar-refractivity contribution in [3.8, 4) is 0 Å². The first-order valence-electron chi connectivity index (χ1n) is 0.651. The fourth-order valence-corrected chi connectivity index (χ4v) is 0. The second-order valence-corrected chi connectivity index (χ2v) is 0.848. The summed E-state index contributed by atoms with van der Waals surface area (Å²) in [7, 11) is -3.13. The van der Waals surface area contributed by atoms with Crippen LogP contribution in [-0.4, -0.2) is 18.8 Å². The zero-order chi connectivity index (χ0) is 3.58. The summed E-state index contributed by atoms with van der Waals surface area (Å²) in [5.74, 6) is 0. The van der Waals surface area contributed by atoms with E-state index in [9.17, 15) is 0 Å². The van der Waals surface area contributed by atoms with Crippen molar-refractivity contribution in [2.24, 2.45) is 0 Å². The summed E-state index contributed by atoms with van der Waals surface area (Å²) in [5.41, 5.74) is 0. The van der Waals surface area contributed by atoms with Crippen molar-refractivity contribution >= 4 is 9.17 Å². The van der Waals surface area contributed by atoms with Gasteiger partial charge in [-0.15, -0.1) is 0 Å². The third-order valence-corrected chi connectivity index (χ3v) is 0. The quantitative estimate of drug-likeness (QED) is 0.390. The Balaban J connectivity index is 0. The number of rotatable bonds is 0. The van der Waals surface area contributed by atoms with Gasteiger partial charge in [0.2, 0.25) is 0 Å². The van der Waals surface area contributed by atoms with Crippen LogP contribution in [0, 0.1) is 0 Å². The molecule has 0 unspecified atom stereocenters. The van der Waals surface area contributed by atoms with Crippen LogP contribution in [0.3, 0.4) is 0 Å². The van der Waals surface area contributed by atoms with Crippen LogP contribution in [0.15, 0.2) is 0 Å². The maximum atomic E-state index is 8.74. The summed E-state index contributed by atoms with van der Waals surface area (Å²) in [6.07, 6.45) is 0. The van der Waals surface area contributed by atoms with E-state index in [2.05, 4.69) is 0 Å². The molecule has 0 fully saturated rings. The molecule has 5 heavy (non-hydrogen) atoms. The third-order valence-electron chi connectivity index (χ3n) is 0. The molecule has 2 N–H and O–H groups in total. The molecule has 0 spiro atoms. The van der Waals surface area contributed by atoms with Crippen molar-refractivity contribution in [1.29, 1.82) is 0 Å². The molecule has 0 aromatic carbocycles. The first kappa shape index (κ1) is 8.93. The van der Waals surface area contributed by atoms with Gasteiger partial charge in [-0.25, -0.2) is 0 Å². The van der Waals surface area contributed by atoms with E-state index in [0.717, 1.165) is 0 Å². The Morgan fingerprint density at radius 3 is 1.40 bits per heavy atom. The van der Waals surface area contributed by atoms with E-state index in [1.807, 2.05) is 0 Å². The average molecular weight is 133 g/mol. The zero-order valence-corrected chi connectivity index (χ0v) is 4.36. The van der Waals surface area contributed by atoms with Gasteiger partial charge in [0.15, 0.2) is 0 Å². The normalized spacial score (nSPS) is 4.80. The Morgan fingerprint density at radius 2 is 1.40 bits per heavy atom. The van der Waals surface area contributed by atoms with Crippen LogP contribution in [0.25, 0.3) is 0 Å². The monoisotopic (exact) mass is 133 g/mol. The Kier molecular flexibility index (Phi) is 7.39. The molecule has 0 rings (SSSR count). The van der Waals surface area contributed by atoms with Crippen LogP contribution in [0.4, 0.5) is 0 Å². The summed E-state index contributed by atoms with van der Waals surface area (Å²) in [4.78, 5) is 14.3. The van der Waals surface area contributed by atoms with Crippen LogP contribution < -0.4 is 0 Å². The summed E-state index contributed by atoms with van der Waals surface area (Å²) in [5, 5.41) is 0. The van der Waals surface area contributed by atoms with Gasteiger partial charge in [0.1, 0.15) is 0 Å². The predicted molar refractivity (Wildman–Crippen MR) is 10.9 cm³/mol. The van der Waals surface area contributed by atoms with E-state index in [4.69, 9.17) is 14.1 Å². The van der Waals surface area contributed by atoms with E-state index >= 15 is 0 Å². The molecule has 3 nitrogen and oxygen atoms in total. The Morgan fingerprint density at radius 1 is 1.40 bits per heavy atom. The molecule has 0 aromatic heterocycles. The fourth-order valence-electron chi connectivity index (χ4n) is 0. The van der Waals surface area contributed by atoms with Gasteiger partial charge < -0.3 is 9.59 Å².